The second-order valence-electron chi connectivity index (χ2n) is 39.1. The van der Waals surface area contributed by atoms with E-state index in [-0.39, 0.29) is 108 Å². The Morgan fingerprint density at radius 1 is 0.291 bits per heavy atom. The fraction of sp³-hybridized carbons (Fsp3) is 0.687. The fourth-order valence-corrected chi connectivity index (χ4v) is 14.8. The van der Waals surface area contributed by atoms with Gasteiger partial charge in [0, 0.05) is 68.6 Å². The molecule has 0 N–H and O–H groups in total. The van der Waals surface area contributed by atoms with Crippen molar-refractivity contribution in [3.8, 4) is 16.9 Å². The monoisotopic (exact) mass is 1770 g/mol. The molecule has 10 rings (SSSR count). The number of carbonyl (C=O) groups excluding carboxylic acids is 5. The molecule has 0 saturated carbocycles. The van der Waals surface area contributed by atoms with Crippen molar-refractivity contribution in [2.45, 2.75) is 466 Å². The maximum Gasteiger partial charge on any atom is 0.252 e. The SMILES string of the molecule is CC.CC.CC.CC.CC.CC.CC.CC.CC.CC.CC.CC.CC.CC(C)(C)C1C(=O)N(C(C)(C)C)c2ccccc2-c2ccccc21.CC(C)(C)C1CCCCN(C(C)(C)C)C1=O.CC(C)(C)C1CCc2ccccc2N(C(C)(C)C)C1=O.CC(C)(C)C1COc2ccccc2N(C(C)(C)C)C1=O.CC1=NC(C(C)(C)C)C(=O)N(C(C)(C)C)c2ccccc21. The Labute approximate surface area is 790 Å². The lowest BCUT2D eigenvalue weighted by atomic mass is 9.74. The van der Waals surface area contributed by atoms with Gasteiger partial charge in [-0.1, -0.05) is 381 Å². The predicted molar refractivity (Wildman–Crippen MR) is 573 cm³/mol. The smallest absolute Gasteiger partial charge is 0.252 e. The maximum atomic E-state index is 13.7. The molecular weight excluding hydrogens is 1560 g/mol. The molecular formula is C115H210N6O6. The van der Waals surface area contributed by atoms with Gasteiger partial charge in [0.15, 0.2) is 0 Å². The number of hydrogen-bond donors (Lipinski definition) is 0. The van der Waals surface area contributed by atoms with Gasteiger partial charge in [-0.2, -0.15) is 0 Å². The lowest BCUT2D eigenvalue weighted by Gasteiger charge is -2.40. The van der Waals surface area contributed by atoms with E-state index >= 15 is 0 Å². The Balaban J connectivity index is -0.000000218. The summed E-state index contributed by atoms with van der Waals surface area (Å²) in [4.78, 5) is 80.3. The second kappa shape index (κ2) is 64.7. The number of benzodiazepines with no additional fused rings is 1. The number of fused-ring (bicyclic) bond motifs is 6. The van der Waals surface area contributed by atoms with Crippen molar-refractivity contribution in [2.24, 2.45) is 49.8 Å². The summed E-state index contributed by atoms with van der Waals surface area (Å²) in [5.41, 5.74) is 9.21. The van der Waals surface area contributed by atoms with Crippen molar-refractivity contribution in [1.29, 1.82) is 0 Å². The van der Waals surface area contributed by atoms with E-state index in [4.69, 9.17) is 9.73 Å². The summed E-state index contributed by atoms with van der Waals surface area (Å²) in [6.07, 6.45) is 5.30. The van der Waals surface area contributed by atoms with Gasteiger partial charge in [-0.15, -0.1) is 0 Å². The van der Waals surface area contributed by atoms with E-state index in [1.807, 2.05) is 273 Å². The topological polar surface area (TPSA) is 123 Å². The number of carbonyl (C=O) groups is 5. The van der Waals surface area contributed by atoms with E-state index < -0.39 is 0 Å². The van der Waals surface area contributed by atoms with Gasteiger partial charge in [-0.3, -0.25) is 29.0 Å². The molecule has 0 aliphatic carbocycles. The first-order valence-corrected chi connectivity index (χ1v) is 50.3. The van der Waals surface area contributed by atoms with Crippen LogP contribution in [0.4, 0.5) is 22.7 Å². The zero-order chi connectivity index (χ0) is 103. The second-order valence-corrected chi connectivity index (χ2v) is 39.1. The molecule has 0 bridgehead atoms. The number of aliphatic imine (C=N–C) groups is 1. The van der Waals surface area contributed by atoms with Gasteiger partial charge in [-0.25, -0.2) is 0 Å². The highest BCUT2D eigenvalue weighted by Gasteiger charge is 2.48. The number of hydrogen-bond acceptors (Lipinski definition) is 7. The molecule has 0 aromatic heterocycles. The summed E-state index contributed by atoms with van der Waals surface area (Å²) in [7, 11) is 0. The minimum absolute atomic E-state index is 0.00261. The zero-order valence-corrected chi connectivity index (χ0v) is 94.5. The molecule has 0 radical (unpaired) electrons. The summed E-state index contributed by atoms with van der Waals surface area (Å²) < 4.78 is 5.92. The zero-order valence-electron chi connectivity index (χ0n) is 94.5. The van der Waals surface area contributed by atoms with Crippen LogP contribution in [0.5, 0.6) is 5.75 Å². The van der Waals surface area contributed by atoms with Crippen molar-refractivity contribution in [2.75, 3.05) is 32.8 Å². The van der Waals surface area contributed by atoms with Gasteiger partial charge in [0.2, 0.25) is 23.6 Å². The number of nitrogens with zero attached hydrogens (tertiary/aromatic N) is 6. The Hall–Kier alpha value is -7.08. The van der Waals surface area contributed by atoms with Crippen molar-refractivity contribution >= 4 is 58.0 Å². The molecule has 127 heavy (non-hydrogen) atoms. The molecule has 5 aliphatic rings. The molecule has 5 heterocycles. The van der Waals surface area contributed by atoms with Crippen LogP contribution in [0, 0.1) is 44.8 Å². The Morgan fingerprint density at radius 3 is 0.992 bits per heavy atom. The molecule has 5 aliphatic heterocycles. The van der Waals surface area contributed by atoms with E-state index in [0.717, 1.165) is 83.1 Å². The van der Waals surface area contributed by atoms with Crippen molar-refractivity contribution < 1.29 is 28.7 Å². The van der Waals surface area contributed by atoms with E-state index in [2.05, 4.69) is 267 Å². The summed E-state index contributed by atoms with van der Waals surface area (Å²) in [6.45, 7) is 119. The molecule has 1 fully saturated rings. The quantitative estimate of drug-likeness (QED) is 0.152. The van der Waals surface area contributed by atoms with Gasteiger partial charge in [0.25, 0.3) is 5.91 Å². The van der Waals surface area contributed by atoms with Gasteiger partial charge < -0.3 is 29.2 Å². The Morgan fingerprint density at radius 2 is 0.606 bits per heavy atom. The highest BCUT2D eigenvalue weighted by Crippen LogP contribution is 2.50. The molecule has 12 nitrogen and oxygen atoms in total. The molecule has 5 amide bonds. The van der Waals surface area contributed by atoms with Gasteiger partial charge in [-0.05, 0) is 211 Å². The highest BCUT2D eigenvalue weighted by atomic mass is 16.5. The minimum Gasteiger partial charge on any atom is -0.491 e. The highest BCUT2D eigenvalue weighted by molar-refractivity contribution is 6.13. The van der Waals surface area contributed by atoms with Gasteiger partial charge >= 0.3 is 0 Å². The number of aryl methyl sites for hydroxylation is 1. The molecule has 12 heteroatoms. The molecule has 1 saturated heterocycles. The Bertz CT molecular complexity index is 3560. The van der Waals surface area contributed by atoms with E-state index in [1.54, 1.807) is 0 Å². The fourth-order valence-electron chi connectivity index (χ4n) is 14.8. The first-order valence-electron chi connectivity index (χ1n) is 50.3. The van der Waals surface area contributed by atoms with Crippen LogP contribution in [-0.4, -0.2) is 87.0 Å². The number of anilines is 4. The van der Waals surface area contributed by atoms with Crippen molar-refractivity contribution in [3.05, 3.63) is 138 Å². The first-order chi connectivity index (χ1) is 59.0. The summed E-state index contributed by atoms with van der Waals surface area (Å²) in [6, 6.07) is 40.5. The summed E-state index contributed by atoms with van der Waals surface area (Å²) >= 11 is 0. The molecule has 5 aromatic rings. The standard InChI is InChI=1S/C22H27NO.C18H26N2O.C18H27NO.C17H25NO2.C14H27NO.13C2H6/c1-21(2,3)19-17-13-8-7-11-15(17)16-12-9-10-14-18(16)23(20(19)24)22(4,5)6;1-12-13-10-8-9-11-14(13)20(18(5,6)7)16(21)15(19-12)17(2,3)4;1-17(2,3)14-12-11-13-9-7-8-10-15(13)19(16(14)20)18(4,5)6;1-16(2,3)12-11-20-14-10-8-7-9-13(14)18(15(12)19)17(4,5)6;1-13(2,3)11-9-7-8-10-15(12(11)16)14(4,5)6;13*1-2/h7-14,19H,1-6H3;8-11,15H,1-7H3;7-10,14H,11-12H2,1-6H3;7-10,12H,11H2,1-6H3;11H,7-10H2,1-6H3;13*1-2H3. The van der Waals surface area contributed by atoms with Crippen molar-refractivity contribution in [3.63, 3.8) is 0 Å². The maximum absolute atomic E-state index is 13.7. The number of likely N-dealkylation sites (tertiary alicyclic amines) is 1. The third-order valence-electron chi connectivity index (χ3n) is 20.0. The number of benzene rings is 5. The molecule has 736 valence electrons. The van der Waals surface area contributed by atoms with Crippen LogP contribution in [0.2, 0.25) is 0 Å². The lowest BCUT2D eigenvalue weighted by molar-refractivity contribution is -0.143. The van der Waals surface area contributed by atoms with Crippen molar-refractivity contribution in [1.82, 2.24) is 4.90 Å². The van der Waals surface area contributed by atoms with E-state index in [9.17, 15) is 24.0 Å². The average molecular weight is 1770 g/mol. The minimum atomic E-state index is -0.357. The number of amides is 5. The van der Waals surface area contributed by atoms with Crippen LogP contribution < -0.4 is 24.3 Å². The summed E-state index contributed by atoms with van der Waals surface area (Å²) in [5.74, 6) is 1.80. The van der Waals surface area contributed by atoms with Crippen LogP contribution in [0.3, 0.4) is 0 Å². The first kappa shape index (κ1) is 135. The van der Waals surface area contributed by atoms with E-state index in [0.29, 0.717) is 12.5 Å². The summed E-state index contributed by atoms with van der Waals surface area (Å²) in [5, 5.41) is 0. The molecule has 0 spiro atoms. The predicted octanol–water partition coefficient (Wildman–Crippen LogP) is 34.8. The lowest BCUT2D eigenvalue weighted by Crippen LogP contribution is -2.52. The number of para-hydroxylation sites is 5. The largest absolute Gasteiger partial charge is 0.491 e. The molecule has 5 aromatic carbocycles. The van der Waals surface area contributed by atoms with Crippen LogP contribution in [0.1, 0.15) is 443 Å². The van der Waals surface area contributed by atoms with Gasteiger partial charge in [0.05, 0.1) is 28.9 Å². The average Bonchev–Trinajstić information content (AvgIpc) is 1.61. The third-order valence-corrected chi connectivity index (χ3v) is 20.0. The van der Waals surface area contributed by atoms with Crippen LogP contribution in [-0.2, 0) is 30.4 Å². The molecule has 5 unspecified atom stereocenters. The number of ether oxygens (including phenoxy) is 1. The van der Waals surface area contributed by atoms with Crippen LogP contribution in [0.15, 0.2) is 126 Å². The van der Waals surface area contributed by atoms with Crippen LogP contribution >= 0.6 is 0 Å². The van der Waals surface area contributed by atoms with Gasteiger partial charge in [0.1, 0.15) is 18.4 Å². The third kappa shape index (κ3) is 41.9. The number of rotatable bonds is 0. The Kier molecular flexibility index (Phi) is 68.9. The van der Waals surface area contributed by atoms with Crippen LogP contribution in [0.25, 0.3) is 11.1 Å². The van der Waals surface area contributed by atoms with E-state index in [1.165, 1.54) is 17.5 Å². The normalized spacial score (nSPS) is 16.8. The molecule has 5 atom stereocenters.